The minimum atomic E-state index is -2.06. The van der Waals surface area contributed by atoms with E-state index in [9.17, 15) is 19.5 Å². The lowest BCUT2D eigenvalue weighted by molar-refractivity contribution is -0.145. The fourth-order valence-corrected chi connectivity index (χ4v) is 3.69. The second-order valence-corrected chi connectivity index (χ2v) is 7.16. The summed E-state index contributed by atoms with van der Waals surface area (Å²) in [7, 11) is 0. The second-order valence-electron chi connectivity index (χ2n) is 7.16. The highest BCUT2D eigenvalue weighted by Crippen LogP contribution is 2.42. The molecule has 2 aromatic rings. The van der Waals surface area contributed by atoms with Crippen LogP contribution in [-0.2, 0) is 24.7 Å². The summed E-state index contributed by atoms with van der Waals surface area (Å²) < 4.78 is 15.5. The van der Waals surface area contributed by atoms with Crippen molar-refractivity contribution in [2.45, 2.75) is 18.9 Å². The summed E-state index contributed by atoms with van der Waals surface area (Å²) in [6, 6.07) is 11.8. The van der Waals surface area contributed by atoms with Crippen LogP contribution in [0.5, 0.6) is 11.5 Å². The number of nitrogens with zero attached hydrogens (tertiary/aromatic N) is 1. The van der Waals surface area contributed by atoms with Gasteiger partial charge in [0.15, 0.2) is 22.9 Å². The van der Waals surface area contributed by atoms with Crippen molar-refractivity contribution in [1.29, 1.82) is 0 Å². The Balaban J connectivity index is 1.53. The third kappa shape index (κ3) is 3.89. The summed E-state index contributed by atoms with van der Waals surface area (Å²) in [6.07, 6.45) is 2.43. The molecule has 1 N–H and O–H groups in total. The summed E-state index contributed by atoms with van der Waals surface area (Å²) in [6.45, 7) is 1.65. The van der Waals surface area contributed by atoms with Crippen molar-refractivity contribution in [3.63, 3.8) is 0 Å². The molecule has 0 saturated carbocycles. The van der Waals surface area contributed by atoms with E-state index in [2.05, 4.69) is 0 Å². The Bertz CT molecular complexity index is 1080. The first-order valence-corrected chi connectivity index (χ1v) is 9.82. The molecular weight excluding hydrogens is 402 g/mol. The Kier molecular flexibility index (Phi) is 5.48. The zero-order valence-electron chi connectivity index (χ0n) is 16.9. The van der Waals surface area contributed by atoms with E-state index in [1.165, 1.54) is 6.08 Å². The van der Waals surface area contributed by atoms with Crippen LogP contribution in [0, 0.1) is 0 Å². The zero-order chi connectivity index (χ0) is 22.0. The number of anilines is 1. The maximum Gasteiger partial charge on any atom is 0.326 e. The molecule has 2 heterocycles. The van der Waals surface area contributed by atoms with Gasteiger partial charge in [0.25, 0.3) is 5.91 Å². The van der Waals surface area contributed by atoms with Gasteiger partial charge in [-0.3, -0.25) is 19.3 Å². The van der Waals surface area contributed by atoms with E-state index in [1.54, 1.807) is 55.5 Å². The van der Waals surface area contributed by atoms with Gasteiger partial charge in [-0.25, -0.2) is 0 Å². The van der Waals surface area contributed by atoms with Crippen molar-refractivity contribution < 1.29 is 33.7 Å². The van der Waals surface area contributed by atoms with Crippen LogP contribution in [0.15, 0.2) is 48.5 Å². The topological polar surface area (TPSA) is 102 Å². The number of esters is 1. The maximum atomic E-state index is 13.0. The number of hydrogen-bond acceptors (Lipinski definition) is 7. The molecule has 2 aliphatic rings. The molecule has 4 rings (SSSR count). The van der Waals surface area contributed by atoms with Crippen molar-refractivity contribution in [2.24, 2.45) is 0 Å². The van der Waals surface area contributed by atoms with E-state index in [-0.39, 0.29) is 25.5 Å². The number of ketones is 1. The number of amides is 1. The third-order valence-corrected chi connectivity index (χ3v) is 5.12. The van der Waals surface area contributed by atoms with E-state index in [0.29, 0.717) is 22.7 Å². The van der Waals surface area contributed by atoms with Crippen molar-refractivity contribution in [3.8, 4) is 11.5 Å². The molecule has 1 amide bonds. The van der Waals surface area contributed by atoms with Crippen molar-refractivity contribution >= 4 is 29.4 Å². The SMILES string of the molecule is CCOC(=O)CN1C(=O)[C@@](O)(CC(=O)/C=C/c2ccc3c(c2)OCO3)c2ccccc21. The van der Waals surface area contributed by atoms with Crippen LogP contribution in [0.2, 0.25) is 0 Å². The summed E-state index contributed by atoms with van der Waals surface area (Å²) >= 11 is 0. The van der Waals surface area contributed by atoms with Gasteiger partial charge in [-0.2, -0.15) is 0 Å². The maximum absolute atomic E-state index is 13.0. The Morgan fingerprint density at radius 3 is 2.77 bits per heavy atom. The molecule has 160 valence electrons. The summed E-state index contributed by atoms with van der Waals surface area (Å²) in [5.41, 5.74) is -0.671. The highest BCUT2D eigenvalue weighted by atomic mass is 16.7. The largest absolute Gasteiger partial charge is 0.465 e. The zero-order valence-corrected chi connectivity index (χ0v) is 16.9. The molecule has 0 unspecified atom stereocenters. The van der Waals surface area contributed by atoms with Crippen LogP contribution in [0.3, 0.4) is 0 Å². The smallest absolute Gasteiger partial charge is 0.326 e. The molecule has 0 radical (unpaired) electrons. The lowest BCUT2D eigenvalue weighted by Crippen LogP contribution is -2.43. The summed E-state index contributed by atoms with van der Waals surface area (Å²) in [4.78, 5) is 38.7. The molecule has 0 fully saturated rings. The van der Waals surface area contributed by atoms with E-state index in [1.807, 2.05) is 0 Å². The van der Waals surface area contributed by atoms with Crippen LogP contribution in [0.4, 0.5) is 5.69 Å². The van der Waals surface area contributed by atoms with E-state index in [0.717, 1.165) is 4.90 Å². The quantitative estimate of drug-likeness (QED) is 0.538. The van der Waals surface area contributed by atoms with Gasteiger partial charge < -0.3 is 19.3 Å². The fourth-order valence-electron chi connectivity index (χ4n) is 3.69. The number of hydrogen-bond donors (Lipinski definition) is 1. The molecular formula is C23H21NO7. The number of carbonyl (C=O) groups is 3. The van der Waals surface area contributed by atoms with E-state index < -0.39 is 29.7 Å². The van der Waals surface area contributed by atoms with Crippen molar-refractivity contribution in [1.82, 2.24) is 0 Å². The molecule has 31 heavy (non-hydrogen) atoms. The number of rotatable bonds is 7. The Hall–Kier alpha value is -3.65. The predicted octanol–water partition coefficient (Wildman–Crippen LogP) is 2.19. The monoisotopic (exact) mass is 423 g/mol. The van der Waals surface area contributed by atoms with Gasteiger partial charge in [-0.05, 0) is 36.8 Å². The fraction of sp³-hybridized carbons (Fsp3) is 0.261. The molecule has 0 bridgehead atoms. The van der Waals surface area contributed by atoms with Gasteiger partial charge in [0.05, 0.1) is 18.7 Å². The molecule has 2 aliphatic heterocycles. The summed E-state index contributed by atoms with van der Waals surface area (Å²) in [5, 5.41) is 11.2. The third-order valence-electron chi connectivity index (χ3n) is 5.12. The van der Waals surface area contributed by atoms with Gasteiger partial charge in [0, 0.05) is 5.56 Å². The molecule has 0 spiro atoms. The normalized spacial score (nSPS) is 19.0. The number of ether oxygens (including phenoxy) is 3. The first-order chi connectivity index (χ1) is 14.9. The molecule has 1 atom stereocenters. The predicted molar refractivity (Wildman–Crippen MR) is 111 cm³/mol. The first kappa shape index (κ1) is 20.6. The molecule has 8 heteroatoms. The minimum Gasteiger partial charge on any atom is -0.465 e. The molecule has 0 saturated heterocycles. The van der Waals surface area contributed by atoms with Gasteiger partial charge in [0.1, 0.15) is 6.54 Å². The Labute approximate surface area is 178 Å². The van der Waals surface area contributed by atoms with E-state index in [4.69, 9.17) is 14.2 Å². The van der Waals surface area contributed by atoms with Gasteiger partial charge in [-0.1, -0.05) is 30.3 Å². The number of allylic oxidation sites excluding steroid dienone is 1. The molecule has 2 aromatic carbocycles. The molecule has 0 aliphatic carbocycles. The number of carbonyl (C=O) groups excluding carboxylic acids is 3. The van der Waals surface area contributed by atoms with E-state index >= 15 is 0 Å². The van der Waals surface area contributed by atoms with Gasteiger partial charge in [-0.15, -0.1) is 0 Å². The first-order valence-electron chi connectivity index (χ1n) is 9.82. The lowest BCUT2D eigenvalue weighted by Gasteiger charge is -2.21. The summed E-state index contributed by atoms with van der Waals surface area (Å²) in [5.74, 6) is -0.549. The highest BCUT2D eigenvalue weighted by molar-refractivity contribution is 6.11. The molecule has 0 aromatic heterocycles. The second kappa shape index (κ2) is 8.23. The van der Waals surface area contributed by atoms with Crippen LogP contribution in [0.25, 0.3) is 6.08 Å². The van der Waals surface area contributed by atoms with Crippen LogP contribution < -0.4 is 14.4 Å². The van der Waals surface area contributed by atoms with Crippen LogP contribution in [-0.4, -0.2) is 42.7 Å². The Morgan fingerprint density at radius 1 is 1.19 bits per heavy atom. The number of para-hydroxylation sites is 1. The van der Waals surface area contributed by atoms with Crippen LogP contribution in [0.1, 0.15) is 24.5 Å². The minimum absolute atomic E-state index is 0.151. The average molecular weight is 423 g/mol. The average Bonchev–Trinajstić information content (AvgIpc) is 3.30. The Morgan fingerprint density at radius 2 is 1.97 bits per heavy atom. The molecule has 8 nitrogen and oxygen atoms in total. The highest BCUT2D eigenvalue weighted by Gasteiger charge is 2.51. The standard InChI is InChI=1S/C23H21NO7/c1-2-29-21(26)13-24-18-6-4-3-5-17(18)23(28,22(24)27)12-16(25)9-7-15-8-10-19-20(11-15)31-14-30-19/h3-11,28H,2,12-14H2,1H3/b9-7+/t23-/m1/s1. The van der Waals surface area contributed by atoms with Gasteiger partial charge >= 0.3 is 5.97 Å². The number of aliphatic hydroxyl groups is 1. The van der Waals surface area contributed by atoms with Crippen LogP contribution >= 0.6 is 0 Å². The number of benzene rings is 2. The number of fused-ring (bicyclic) bond motifs is 2. The van der Waals surface area contributed by atoms with Gasteiger partial charge in [0.2, 0.25) is 6.79 Å². The lowest BCUT2D eigenvalue weighted by atomic mass is 9.89. The van der Waals surface area contributed by atoms with Crippen molar-refractivity contribution in [2.75, 3.05) is 24.8 Å². The van der Waals surface area contributed by atoms with Crippen molar-refractivity contribution in [3.05, 3.63) is 59.7 Å².